The second-order valence-corrected chi connectivity index (χ2v) is 8.67. The van der Waals surface area contributed by atoms with Crippen molar-refractivity contribution in [1.29, 1.82) is 0 Å². The third-order valence-electron chi connectivity index (χ3n) is 4.76. The first-order valence-corrected chi connectivity index (χ1v) is 11.6. The van der Waals surface area contributed by atoms with E-state index in [2.05, 4.69) is 0 Å². The van der Waals surface area contributed by atoms with Crippen LogP contribution in [0.2, 0.25) is 0 Å². The molecule has 2 amide bonds. The Morgan fingerprint density at radius 3 is 2.32 bits per heavy atom. The van der Waals surface area contributed by atoms with Crippen molar-refractivity contribution in [1.82, 2.24) is 4.90 Å². The Morgan fingerprint density at radius 2 is 1.65 bits per heavy atom. The van der Waals surface area contributed by atoms with Crippen molar-refractivity contribution in [3.63, 3.8) is 0 Å². The summed E-state index contributed by atoms with van der Waals surface area (Å²) in [6.45, 7) is 0.409. The first-order chi connectivity index (χ1) is 15.2. The van der Waals surface area contributed by atoms with E-state index in [9.17, 15) is 9.59 Å². The SMILES string of the molecule is COc1ccc(OCCN2C(=O)C(SCc3ccccc3)=C(c3cccs3)C2=O)cc1. The lowest BCUT2D eigenvalue weighted by atomic mass is 10.2. The number of hydrogen-bond donors (Lipinski definition) is 0. The van der Waals surface area contributed by atoms with Gasteiger partial charge in [-0.1, -0.05) is 36.4 Å². The van der Waals surface area contributed by atoms with Crippen LogP contribution >= 0.6 is 23.1 Å². The van der Waals surface area contributed by atoms with Crippen LogP contribution < -0.4 is 9.47 Å². The lowest BCUT2D eigenvalue weighted by molar-refractivity contribution is -0.136. The lowest BCUT2D eigenvalue weighted by Gasteiger charge is -2.15. The van der Waals surface area contributed by atoms with Gasteiger partial charge in [0.05, 0.1) is 24.1 Å². The van der Waals surface area contributed by atoms with E-state index in [0.717, 1.165) is 16.2 Å². The molecule has 0 fully saturated rings. The van der Waals surface area contributed by atoms with Gasteiger partial charge in [-0.3, -0.25) is 14.5 Å². The molecule has 2 heterocycles. The summed E-state index contributed by atoms with van der Waals surface area (Å²) in [5.74, 6) is 1.50. The topological polar surface area (TPSA) is 55.8 Å². The van der Waals surface area contributed by atoms with Crippen LogP contribution in [0.15, 0.2) is 77.0 Å². The molecule has 0 atom stereocenters. The van der Waals surface area contributed by atoms with Crippen LogP contribution in [0.4, 0.5) is 0 Å². The van der Waals surface area contributed by atoms with Gasteiger partial charge in [-0.2, -0.15) is 0 Å². The molecule has 0 saturated carbocycles. The van der Waals surface area contributed by atoms with Gasteiger partial charge in [0.2, 0.25) is 0 Å². The van der Waals surface area contributed by atoms with Gasteiger partial charge in [0, 0.05) is 10.6 Å². The number of carbonyl (C=O) groups is 2. The number of rotatable bonds is 9. The van der Waals surface area contributed by atoms with E-state index in [-0.39, 0.29) is 25.0 Å². The number of imide groups is 1. The Hall–Kier alpha value is -3.03. The molecule has 7 heteroatoms. The molecule has 0 saturated heterocycles. The number of thiophene rings is 1. The number of nitrogens with zero attached hydrogens (tertiary/aromatic N) is 1. The molecule has 158 valence electrons. The van der Waals surface area contributed by atoms with Crippen LogP contribution in [-0.4, -0.2) is 37.0 Å². The minimum absolute atomic E-state index is 0.188. The average Bonchev–Trinajstić information content (AvgIpc) is 3.41. The fourth-order valence-electron chi connectivity index (χ4n) is 3.19. The standard InChI is InChI=1S/C24H21NO4S2/c1-28-18-9-11-19(12-10-18)29-14-13-25-23(26)21(20-8-5-15-30-20)22(24(25)27)31-16-17-6-3-2-4-7-17/h2-12,15H,13-14,16H2,1H3. The van der Waals surface area contributed by atoms with E-state index < -0.39 is 0 Å². The largest absolute Gasteiger partial charge is 0.497 e. The highest BCUT2D eigenvalue weighted by molar-refractivity contribution is 8.03. The van der Waals surface area contributed by atoms with Gasteiger partial charge in [-0.15, -0.1) is 23.1 Å². The Labute approximate surface area is 189 Å². The van der Waals surface area contributed by atoms with Crippen molar-refractivity contribution in [2.24, 2.45) is 0 Å². The maximum atomic E-state index is 13.1. The summed E-state index contributed by atoms with van der Waals surface area (Å²) in [5.41, 5.74) is 1.59. The summed E-state index contributed by atoms with van der Waals surface area (Å²) < 4.78 is 10.9. The Kier molecular flexibility index (Phi) is 6.74. The fourth-order valence-corrected chi connectivity index (χ4v) is 5.10. The number of thioether (sulfide) groups is 1. The predicted molar refractivity (Wildman–Crippen MR) is 124 cm³/mol. The highest BCUT2D eigenvalue weighted by Gasteiger charge is 2.39. The van der Waals surface area contributed by atoms with Gasteiger partial charge in [0.25, 0.3) is 11.8 Å². The zero-order chi connectivity index (χ0) is 21.6. The molecule has 1 aliphatic rings. The Morgan fingerprint density at radius 1 is 0.903 bits per heavy atom. The summed E-state index contributed by atoms with van der Waals surface area (Å²) in [4.78, 5) is 28.9. The molecule has 0 bridgehead atoms. The van der Waals surface area contributed by atoms with Gasteiger partial charge < -0.3 is 9.47 Å². The minimum atomic E-state index is -0.263. The zero-order valence-electron chi connectivity index (χ0n) is 16.9. The van der Waals surface area contributed by atoms with Crippen LogP contribution in [0.3, 0.4) is 0 Å². The molecule has 0 radical (unpaired) electrons. The third-order valence-corrected chi connectivity index (χ3v) is 6.79. The third kappa shape index (κ3) is 4.84. The van der Waals surface area contributed by atoms with Crippen molar-refractivity contribution in [3.8, 4) is 11.5 Å². The second kappa shape index (κ2) is 9.85. The number of methoxy groups -OCH3 is 1. The van der Waals surface area contributed by atoms with E-state index >= 15 is 0 Å². The second-order valence-electron chi connectivity index (χ2n) is 6.74. The Bertz CT molecular complexity index is 1080. The molecule has 4 rings (SSSR count). The number of amides is 2. The van der Waals surface area contributed by atoms with Crippen molar-refractivity contribution in [2.75, 3.05) is 20.3 Å². The zero-order valence-corrected chi connectivity index (χ0v) is 18.6. The number of benzene rings is 2. The van der Waals surface area contributed by atoms with Crippen LogP contribution in [0.5, 0.6) is 11.5 Å². The highest BCUT2D eigenvalue weighted by atomic mass is 32.2. The van der Waals surface area contributed by atoms with Crippen LogP contribution in [0.25, 0.3) is 5.57 Å². The van der Waals surface area contributed by atoms with Gasteiger partial charge in [0.15, 0.2) is 0 Å². The summed E-state index contributed by atoms with van der Waals surface area (Å²) in [6, 6.07) is 20.9. The van der Waals surface area contributed by atoms with Crippen molar-refractivity contribution in [3.05, 3.63) is 87.5 Å². The summed E-state index contributed by atoms with van der Waals surface area (Å²) in [5, 5.41) is 1.91. The highest BCUT2D eigenvalue weighted by Crippen LogP contribution is 2.38. The average molecular weight is 452 g/mol. The quantitative estimate of drug-likeness (QED) is 0.436. The van der Waals surface area contributed by atoms with Crippen LogP contribution in [0, 0.1) is 0 Å². The van der Waals surface area contributed by atoms with Crippen molar-refractivity contribution >= 4 is 40.5 Å². The molecule has 0 unspecified atom stereocenters. The molecule has 0 N–H and O–H groups in total. The normalized spacial score (nSPS) is 13.8. The summed E-state index contributed by atoms with van der Waals surface area (Å²) in [7, 11) is 1.60. The maximum absolute atomic E-state index is 13.1. The maximum Gasteiger partial charge on any atom is 0.268 e. The van der Waals surface area contributed by atoms with Crippen LogP contribution in [0.1, 0.15) is 10.4 Å². The summed E-state index contributed by atoms with van der Waals surface area (Å²) in [6.07, 6.45) is 0. The minimum Gasteiger partial charge on any atom is -0.497 e. The van der Waals surface area contributed by atoms with Crippen LogP contribution in [-0.2, 0) is 15.3 Å². The van der Waals surface area contributed by atoms with Gasteiger partial charge in [0.1, 0.15) is 18.1 Å². The van der Waals surface area contributed by atoms with E-state index in [1.807, 2.05) is 47.8 Å². The molecule has 3 aromatic rings. The van der Waals surface area contributed by atoms with Gasteiger partial charge in [-0.05, 0) is 41.3 Å². The molecule has 5 nitrogen and oxygen atoms in total. The molecule has 1 aromatic heterocycles. The lowest BCUT2D eigenvalue weighted by Crippen LogP contribution is -2.35. The number of ether oxygens (including phenoxy) is 2. The van der Waals surface area contributed by atoms with E-state index in [1.165, 1.54) is 28.0 Å². The first-order valence-electron chi connectivity index (χ1n) is 9.75. The molecular formula is C24H21NO4S2. The van der Waals surface area contributed by atoms with E-state index in [1.54, 1.807) is 31.4 Å². The molecule has 2 aromatic carbocycles. The van der Waals surface area contributed by atoms with E-state index in [0.29, 0.717) is 22.0 Å². The predicted octanol–water partition coefficient (Wildman–Crippen LogP) is 4.85. The van der Waals surface area contributed by atoms with E-state index in [4.69, 9.17) is 9.47 Å². The Balaban J connectivity index is 1.46. The smallest absolute Gasteiger partial charge is 0.268 e. The molecule has 31 heavy (non-hydrogen) atoms. The van der Waals surface area contributed by atoms with Crippen molar-refractivity contribution in [2.45, 2.75) is 5.75 Å². The summed E-state index contributed by atoms with van der Waals surface area (Å²) >= 11 is 2.88. The molecule has 0 aliphatic carbocycles. The van der Waals surface area contributed by atoms with Crippen molar-refractivity contribution < 1.29 is 19.1 Å². The number of hydrogen-bond acceptors (Lipinski definition) is 6. The van der Waals surface area contributed by atoms with Gasteiger partial charge in [-0.25, -0.2) is 0 Å². The fraction of sp³-hybridized carbons (Fsp3) is 0.167. The molecule has 1 aliphatic heterocycles. The monoisotopic (exact) mass is 451 g/mol. The molecule has 0 spiro atoms. The van der Waals surface area contributed by atoms with Gasteiger partial charge >= 0.3 is 0 Å². The molecular weight excluding hydrogens is 430 g/mol. The number of carbonyl (C=O) groups excluding carboxylic acids is 2. The first kappa shape index (κ1) is 21.2.